The fourth-order valence-corrected chi connectivity index (χ4v) is 2.99. The molecule has 0 saturated carbocycles. The third kappa shape index (κ3) is 3.80. The highest BCUT2D eigenvalue weighted by Crippen LogP contribution is 2.30. The lowest BCUT2D eigenvalue weighted by molar-refractivity contribution is 0.535. The first-order chi connectivity index (χ1) is 13.2. The van der Waals surface area contributed by atoms with E-state index in [0.717, 1.165) is 16.3 Å². The predicted octanol–water partition coefficient (Wildman–Crippen LogP) is 4.73. The van der Waals surface area contributed by atoms with Gasteiger partial charge in [0.25, 0.3) is 0 Å². The van der Waals surface area contributed by atoms with Crippen LogP contribution in [-0.4, -0.2) is 0 Å². The molecule has 0 amide bonds. The molecule has 3 rings (SSSR count). The summed E-state index contributed by atoms with van der Waals surface area (Å²) >= 11 is 0. The van der Waals surface area contributed by atoms with Crippen molar-refractivity contribution < 1.29 is 0 Å². The molecule has 3 aromatic carbocycles. The molecule has 3 aromatic rings. The van der Waals surface area contributed by atoms with Gasteiger partial charge in [0.1, 0.15) is 6.07 Å². The highest BCUT2D eigenvalue weighted by Gasteiger charge is 2.31. The quantitative estimate of drug-likeness (QED) is 0.644. The standard InChI is InChI=1S/C24H15N3/c25-16-23-21(13-12-20-10-4-5-11-22(20)23)15-24(17-26,18-27)14-6-9-19-7-2-1-3-8-19/h1-5,7-8,10-13H,14-15H2. The summed E-state index contributed by atoms with van der Waals surface area (Å²) in [5, 5.41) is 30.8. The van der Waals surface area contributed by atoms with Crippen LogP contribution in [0.15, 0.2) is 66.7 Å². The minimum Gasteiger partial charge on any atom is -0.197 e. The molecular formula is C24H15N3. The maximum absolute atomic E-state index is 9.69. The summed E-state index contributed by atoms with van der Waals surface area (Å²) in [4.78, 5) is 0. The first kappa shape index (κ1) is 17.8. The average molecular weight is 345 g/mol. The van der Waals surface area contributed by atoms with Crippen molar-refractivity contribution in [1.82, 2.24) is 0 Å². The molecule has 0 atom stereocenters. The minimum absolute atomic E-state index is 0.118. The molecule has 0 saturated heterocycles. The molecule has 126 valence electrons. The number of fused-ring (bicyclic) bond motifs is 1. The Labute approximate surface area is 158 Å². The van der Waals surface area contributed by atoms with Crippen molar-refractivity contribution in [2.45, 2.75) is 12.8 Å². The maximum atomic E-state index is 9.69. The van der Waals surface area contributed by atoms with E-state index in [1.54, 1.807) is 0 Å². The molecule has 3 nitrogen and oxygen atoms in total. The number of nitrogens with zero attached hydrogens (tertiary/aromatic N) is 3. The highest BCUT2D eigenvalue weighted by atomic mass is 14.4. The molecule has 0 unspecified atom stereocenters. The molecule has 0 N–H and O–H groups in total. The van der Waals surface area contributed by atoms with Gasteiger partial charge in [-0.25, -0.2) is 0 Å². The Balaban J connectivity index is 1.95. The smallest absolute Gasteiger partial charge is 0.158 e. The molecular weight excluding hydrogens is 330 g/mol. The molecule has 0 aliphatic carbocycles. The van der Waals surface area contributed by atoms with E-state index in [1.165, 1.54) is 0 Å². The van der Waals surface area contributed by atoms with E-state index in [1.807, 2.05) is 66.7 Å². The van der Waals surface area contributed by atoms with Crippen molar-refractivity contribution in [3.05, 3.63) is 83.4 Å². The summed E-state index contributed by atoms with van der Waals surface area (Å²) < 4.78 is 0. The van der Waals surface area contributed by atoms with Gasteiger partial charge in [0.2, 0.25) is 0 Å². The SMILES string of the molecule is N#Cc1c(CC(C#N)(C#N)CC#Cc2ccccc2)ccc2ccccc12. The van der Waals surface area contributed by atoms with Crippen molar-refractivity contribution in [2.24, 2.45) is 5.41 Å². The zero-order chi connectivity index (χ0) is 19.1. The first-order valence-corrected chi connectivity index (χ1v) is 8.48. The van der Waals surface area contributed by atoms with Gasteiger partial charge >= 0.3 is 0 Å². The number of hydrogen-bond acceptors (Lipinski definition) is 3. The molecule has 0 aromatic heterocycles. The second kappa shape index (κ2) is 7.89. The van der Waals surface area contributed by atoms with Crippen LogP contribution in [-0.2, 0) is 6.42 Å². The first-order valence-electron chi connectivity index (χ1n) is 8.48. The molecule has 0 bridgehead atoms. The van der Waals surface area contributed by atoms with Crippen LogP contribution in [0.1, 0.15) is 23.1 Å². The van der Waals surface area contributed by atoms with Crippen molar-refractivity contribution >= 4 is 10.8 Å². The fraction of sp³-hybridized carbons (Fsp3) is 0.125. The minimum atomic E-state index is -1.30. The van der Waals surface area contributed by atoms with Crippen molar-refractivity contribution in [3.63, 3.8) is 0 Å². The van der Waals surface area contributed by atoms with Gasteiger partial charge in [-0.2, -0.15) is 15.8 Å². The van der Waals surface area contributed by atoms with Gasteiger partial charge in [-0.15, -0.1) is 0 Å². The van der Waals surface area contributed by atoms with Crippen LogP contribution in [0.5, 0.6) is 0 Å². The molecule has 0 heterocycles. The van der Waals surface area contributed by atoms with E-state index >= 15 is 0 Å². The van der Waals surface area contributed by atoms with E-state index in [2.05, 4.69) is 30.0 Å². The molecule has 27 heavy (non-hydrogen) atoms. The van der Waals surface area contributed by atoms with Gasteiger partial charge in [0.15, 0.2) is 5.41 Å². The Morgan fingerprint density at radius 2 is 1.48 bits per heavy atom. The largest absolute Gasteiger partial charge is 0.197 e. The van der Waals surface area contributed by atoms with Crippen molar-refractivity contribution in [3.8, 4) is 30.0 Å². The molecule has 0 spiro atoms. The molecule has 3 heteroatoms. The predicted molar refractivity (Wildman–Crippen MR) is 104 cm³/mol. The maximum Gasteiger partial charge on any atom is 0.158 e. The zero-order valence-corrected chi connectivity index (χ0v) is 14.6. The normalized spacial score (nSPS) is 10.1. The Morgan fingerprint density at radius 1 is 0.778 bits per heavy atom. The Morgan fingerprint density at radius 3 is 2.19 bits per heavy atom. The van der Waals surface area contributed by atoms with Crippen molar-refractivity contribution in [2.75, 3.05) is 0 Å². The molecule has 0 radical (unpaired) electrons. The van der Waals surface area contributed by atoms with E-state index in [-0.39, 0.29) is 12.8 Å². The monoisotopic (exact) mass is 345 g/mol. The summed E-state index contributed by atoms with van der Waals surface area (Å²) in [6, 6.07) is 27.3. The van der Waals surface area contributed by atoms with E-state index in [0.29, 0.717) is 11.1 Å². The second-order valence-corrected chi connectivity index (χ2v) is 6.26. The lowest BCUT2D eigenvalue weighted by Crippen LogP contribution is -2.19. The summed E-state index contributed by atoms with van der Waals surface area (Å²) in [6.45, 7) is 0. The van der Waals surface area contributed by atoms with Crippen LogP contribution < -0.4 is 0 Å². The fourth-order valence-electron chi connectivity index (χ4n) is 2.99. The van der Waals surface area contributed by atoms with Crippen LogP contribution in [0.4, 0.5) is 0 Å². The van der Waals surface area contributed by atoms with Gasteiger partial charge in [0.05, 0.1) is 17.7 Å². The van der Waals surface area contributed by atoms with Crippen LogP contribution >= 0.6 is 0 Å². The topological polar surface area (TPSA) is 71.4 Å². The van der Waals surface area contributed by atoms with E-state index in [4.69, 9.17) is 0 Å². The summed E-state index contributed by atoms with van der Waals surface area (Å²) in [5.41, 5.74) is 0.751. The molecule has 0 fully saturated rings. The third-order valence-electron chi connectivity index (χ3n) is 4.44. The van der Waals surface area contributed by atoms with Gasteiger partial charge < -0.3 is 0 Å². The van der Waals surface area contributed by atoms with Crippen LogP contribution in [0.25, 0.3) is 10.8 Å². The number of hydrogen-bond donors (Lipinski definition) is 0. The van der Waals surface area contributed by atoms with Gasteiger partial charge in [0, 0.05) is 18.4 Å². The molecule has 0 aliphatic rings. The lowest BCUT2D eigenvalue weighted by Gasteiger charge is -2.17. The van der Waals surface area contributed by atoms with Crippen molar-refractivity contribution in [1.29, 1.82) is 15.8 Å². The zero-order valence-electron chi connectivity index (χ0n) is 14.6. The Kier molecular flexibility index (Phi) is 5.19. The lowest BCUT2D eigenvalue weighted by atomic mass is 9.80. The van der Waals surface area contributed by atoms with E-state index in [9.17, 15) is 15.8 Å². The highest BCUT2D eigenvalue weighted by molar-refractivity contribution is 5.89. The van der Waals surface area contributed by atoms with E-state index < -0.39 is 5.41 Å². The average Bonchev–Trinajstić information content (AvgIpc) is 2.73. The third-order valence-corrected chi connectivity index (χ3v) is 4.44. The molecule has 0 aliphatic heterocycles. The Hall–Kier alpha value is -4.05. The second-order valence-electron chi connectivity index (χ2n) is 6.26. The van der Waals surface area contributed by atoms with Crippen LogP contribution in [0.2, 0.25) is 0 Å². The van der Waals surface area contributed by atoms with Gasteiger partial charge in [-0.1, -0.05) is 66.4 Å². The number of rotatable bonds is 3. The number of benzene rings is 3. The van der Waals surface area contributed by atoms with Gasteiger partial charge in [-0.3, -0.25) is 0 Å². The van der Waals surface area contributed by atoms with Gasteiger partial charge in [-0.05, 0) is 28.5 Å². The summed E-state index contributed by atoms with van der Waals surface area (Å²) in [6.07, 6.45) is 0.282. The summed E-state index contributed by atoms with van der Waals surface area (Å²) in [7, 11) is 0. The van der Waals surface area contributed by atoms with Crippen LogP contribution in [0, 0.1) is 51.2 Å². The summed E-state index contributed by atoms with van der Waals surface area (Å²) in [5.74, 6) is 5.96. The number of nitriles is 3. The Bertz CT molecular complexity index is 1150. The van der Waals surface area contributed by atoms with Crippen LogP contribution in [0.3, 0.4) is 0 Å².